The number of fused-ring (bicyclic) bond motifs is 1. The molecule has 2 nitrogen and oxygen atoms in total. The SMILES string of the molecule is O=C(C1CCCOC1)C1Cc2ccccc2S1. The minimum absolute atomic E-state index is 0.124. The molecule has 3 heteroatoms. The molecule has 2 unspecified atom stereocenters. The first-order valence-electron chi connectivity index (χ1n) is 6.20. The fraction of sp³-hybridized carbons (Fsp3) is 0.500. The van der Waals surface area contributed by atoms with Crippen molar-refractivity contribution in [2.24, 2.45) is 5.92 Å². The van der Waals surface area contributed by atoms with E-state index in [4.69, 9.17) is 4.74 Å². The van der Waals surface area contributed by atoms with E-state index in [0.717, 1.165) is 25.9 Å². The van der Waals surface area contributed by atoms with E-state index in [1.807, 2.05) is 6.07 Å². The number of hydrogen-bond donors (Lipinski definition) is 0. The molecule has 1 fully saturated rings. The fourth-order valence-electron chi connectivity index (χ4n) is 2.57. The van der Waals surface area contributed by atoms with Crippen molar-refractivity contribution >= 4 is 17.5 Å². The van der Waals surface area contributed by atoms with Gasteiger partial charge in [0.05, 0.1) is 11.9 Å². The van der Waals surface area contributed by atoms with Gasteiger partial charge in [-0.05, 0) is 30.9 Å². The number of benzene rings is 1. The summed E-state index contributed by atoms with van der Waals surface area (Å²) in [6, 6.07) is 8.34. The molecule has 0 amide bonds. The molecule has 2 aliphatic rings. The highest BCUT2D eigenvalue weighted by molar-refractivity contribution is 8.01. The van der Waals surface area contributed by atoms with Gasteiger partial charge in [-0.3, -0.25) is 4.79 Å². The van der Waals surface area contributed by atoms with Crippen LogP contribution >= 0.6 is 11.8 Å². The largest absolute Gasteiger partial charge is 0.381 e. The summed E-state index contributed by atoms with van der Waals surface area (Å²) in [5.41, 5.74) is 1.33. The molecule has 0 saturated carbocycles. The van der Waals surface area contributed by atoms with E-state index in [9.17, 15) is 4.79 Å². The smallest absolute Gasteiger partial charge is 0.151 e. The predicted octanol–water partition coefficient (Wildman–Crippen LogP) is 2.70. The highest BCUT2D eigenvalue weighted by Gasteiger charge is 2.33. The van der Waals surface area contributed by atoms with Crippen molar-refractivity contribution in [3.8, 4) is 0 Å². The molecule has 1 aromatic carbocycles. The number of ether oxygens (including phenoxy) is 1. The van der Waals surface area contributed by atoms with Crippen LogP contribution in [0.15, 0.2) is 29.2 Å². The molecular weight excluding hydrogens is 232 g/mol. The Morgan fingerprint density at radius 2 is 2.24 bits per heavy atom. The second kappa shape index (κ2) is 4.83. The Morgan fingerprint density at radius 3 is 3.00 bits per heavy atom. The highest BCUT2D eigenvalue weighted by atomic mass is 32.2. The number of rotatable bonds is 2. The fourth-order valence-corrected chi connectivity index (χ4v) is 3.91. The van der Waals surface area contributed by atoms with Crippen molar-refractivity contribution < 1.29 is 9.53 Å². The third-order valence-corrected chi connectivity index (χ3v) is 4.86. The summed E-state index contributed by atoms with van der Waals surface area (Å²) in [4.78, 5) is 13.6. The van der Waals surface area contributed by atoms with E-state index in [1.54, 1.807) is 11.8 Å². The van der Waals surface area contributed by atoms with Gasteiger partial charge in [0.25, 0.3) is 0 Å². The zero-order chi connectivity index (χ0) is 11.7. The molecule has 2 atom stereocenters. The average molecular weight is 248 g/mol. The number of ketones is 1. The molecule has 1 saturated heterocycles. The Morgan fingerprint density at radius 1 is 1.35 bits per heavy atom. The number of carbonyl (C=O) groups is 1. The van der Waals surface area contributed by atoms with Crippen molar-refractivity contribution in [2.75, 3.05) is 13.2 Å². The number of thioether (sulfide) groups is 1. The summed E-state index contributed by atoms with van der Waals surface area (Å²) in [6.07, 6.45) is 2.93. The Bertz CT molecular complexity index is 399. The molecular formula is C14H16O2S. The third kappa shape index (κ3) is 2.26. The molecule has 0 radical (unpaired) electrons. The second-order valence-electron chi connectivity index (χ2n) is 4.73. The van der Waals surface area contributed by atoms with Crippen molar-refractivity contribution in [3.05, 3.63) is 29.8 Å². The Labute approximate surface area is 106 Å². The zero-order valence-electron chi connectivity index (χ0n) is 9.72. The van der Waals surface area contributed by atoms with Crippen molar-refractivity contribution in [1.29, 1.82) is 0 Å². The van der Waals surface area contributed by atoms with E-state index < -0.39 is 0 Å². The third-order valence-electron chi connectivity index (χ3n) is 3.53. The van der Waals surface area contributed by atoms with Gasteiger partial charge in [0.15, 0.2) is 5.78 Å². The van der Waals surface area contributed by atoms with Crippen LogP contribution in [0, 0.1) is 5.92 Å². The summed E-state index contributed by atoms with van der Waals surface area (Å²) in [7, 11) is 0. The van der Waals surface area contributed by atoms with Gasteiger partial charge in [-0.1, -0.05) is 18.2 Å². The van der Waals surface area contributed by atoms with E-state index in [1.165, 1.54) is 10.5 Å². The highest BCUT2D eigenvalue weighted by Crippen LogP contribution is 2.38. The standard InChI is InChI=1S/C14H16O2S/c15-14(11-5-3-7-16-9-11)13-8-10-4-1-2-6-12(10)17-13/h1-2,4,6,11,13H,3,5,7-9H2. The zero-order valence-corrected chi connectivity index (χ0v) is 10.5. The summed E-state index contributed by atoms with van der Waals surface area (Å²) in [6.45, 7) is 1.45. The van der Waals surface area contributed by atoms with Crippen LogP contribution in [0.5, 0.6) is 0 Å². The van der Waals surface area contributed by atoms with E-state index in [2.05, 4.69) is 18.2 Å². The molecule has 0 aromatic heterocycles. The quantitative estimate of drug-likeness (QED) is 0.805. The number of carbonyl (C=O) groups excluding carboxylic acids is 1. The van der Waals surface area contributed by atoms with Gasteiger partial charge in [-0.25, -0.2) is 0 Å². The molecule has 90 valence electrons. The van der Waals surface area contributed by atoms with Crippen LogP contribution in [0.2, 0.25) is 0 Å². The topological polar surface area (TPSA) is 26.3 Å². The molecule has 0 spiro atoms. The first-order chi connectivity index (χ1) is 8.34. The first-order valence-corrected chi connectivity index (χ1v) is 7.08. The van der Waals surface area contributed by atoms with Crippen LogP contribution in [0.25, 0.3) is 0 Å². The normalized spacial score (nSPS) is 27.8. The lowest BCUT2D eigenvalue weighted by Crippen LogP contribution is -2.31. The lowest BCUT2D eigenvalue weighted by molar-refractivity contribution is -0.126. The van der Waals surface area contributed by atoms with Crippen LogP contribution in [0.3, 0.4) is 0 Å². The summed E-state index contributed by atoms with van der Waals surface area (Å²) >= 11 is 1.73. The molecule has 17 heavy (non-hydrogen) atoms. The summed E-state index contributed by atoms with van der Waals surface area (Å²) < 4.78 is 5.41. The maximum atomic E-state index is 12.4. The maximum absolute atomic E-state index is 12.4. The lowest BCUT2D eigenvalue weighted by atomic mass is 9.93. The van der Waals surface area contributed by atoms with Crippen LogP contribution in [-0.2, 0) is 16.0 Å². The molecule has 3 rings (SSSR count). The van der Waals surface area contributed by atoms with Crippen molar-refractivity contribution in [1.82, 2.24) is 0 Å². The molecule has 0 bridgehead atoms. The predicted molar refractivity (Wildman–Crippen MR) is 68.3 cm³/mol. The van der Waals surface area contributed by atoms with Crippen LogP contribution in [0.1, 0.15) is 18.4 Å². The van der Waals surface area contributed by atoms with Crippen LogP contribution in [0.4, 0.5) is 0 Å². The van der Waals surface area contributed by atoms with Gasteiger partial charge in [0.1, 0.15) is 0 Å². The summed E-state index contributed by atoms with van der Waals surface area (Å²) in [5.74, 6) is 0.529. The van der Waals surface area contributed by atoms with Crippen LogP contribution < -0.4 is 0 Å². The Balaban J connectivity index is 1.69. The van der Waals surface area contributed by atoms with E-state index in [0.29, 0.717) is 12.4 Å². The van der Waals surface area contributed by atoms with Gasteiger partial charge in [-0.2, -0.15) is 0 Å². The van der Waals surface area contributed by atoms with Gasteiger partial charge in [0, 0.05) is 17.4 Å². The van der Waals surface area contributed by atoms with Crippen LogP contribution in [-0.4, -0.2) is 24.2 Å². The monoisotopic (exact) mass is 248 g/mol. The van der Waals surface area contributed by atoms with E-state index in [-0.39, 0.29) is 11.2 Å². The molecule has 0 aliphatic carbocycles. The molecule has 0 N–H and O–H groups in total. The van der Waals surface area contributed by atoms with E-state index >= 15 is 0 Å². The minimum atomic E-state index is 0.124. The van der Waals surface area contributed by atoms with Gasteiger partial charge < -0.3 is 4.74 Å². The lowest BCUT2D eigenvalue weighted by Gasteiger charge is -2.23. The maximum Gasteiger partial charge on any atom is 0.151 e. The second-order valence-corrected chi connectivity index (χ2v) is 5.98. The van der Waals surface area contributed by atoms with Crippen molar-refractivity contribution in [3.63, 3.8) is 0 Å². The number of hydrogen-bond acceptors (Lipinski definition) is 3. The van der Waals surface area contributed by atoms with Crippen molar-refractivity contribution in [2.45, 2.75) is 29.4 Å². The Hall–Kier alpha value is -0.800. The number of Topliss-reactive ketones (excluding diaryl/α,β-unsaturated/α-hetero) is 1. The molecule has 2 aliphatic heterocycles. The van der Waals surface area contributed by atoms with Gasteiger partial charge in [0.2, 0.25) is 0 Å². The Kier molecular flexibility index (Phi) is 3.21. The van der Waals surface area contributed by atoms with Gasteiger partial charge in [-0.15, -0.1) is 11.8 Å². The summed E-state index contributed by atoms with van der Waals surface area (Å²) in [5, 5.41) is 0.124. The molecule has 2 heterocycles. The average Bonchev–Trinajstić information content (AvgIpc) is 2.82. The first kappa shape index (κ1) is 11.3. The van der Waals surface area contributed by atoms with Gasteiger partial charge >= 0.3 is 0 Å². The minimum Gasteiger partial charge on any atom is -0.381 e. The molecule has 1 aromatic rings.